The molecule has 2 atom stereocenters. The van der Waals surface area contributed by atoms with E-state index in [0.717, 1.165) is 0 Å². The molecule has 15 heavy (non-hydrogen) atoms. The fourth-order valence-electron chi connectivity index (χ4n) is 1.10. The Morgan fingerprint density at radius 2 is 1.87 bits per heavy atom. The Kier molecular flexibility index (Phi) is 3.56. The second-order valence-corrected chi connectivity index (χ2v) is 4.44. The first kappa shape index (κ1) is 12.7. The van der Waals surface area contributed by atoms with E-state index in [0.29, 0.717) is 0 Å². The second-order valence-electron chi connectivity index (χ2n) is 3.03. The Bertz CT molecular complexity index is 312. The van der Waals surface area contributed by atoms with Crippen LogP contribution in [0.25, 0.3) is 0 Å². The van der Waals surface area contributed by atoms with Gasteiger partial charge in [0.25, 0.3) is 0 Å². The first-order valence-electron chi connectivity index (χ1n) is 3.91. The fourth-order valence-corrected chi connectivity index (χ4v) is 1.72. The summed E-state index contributed by atoms with van der Waals surface area (Å²) in [6.07, 6.45) is -8.25. The third kappa shape index (κ3) is 4.31. The SMILES string of the molecule is O=S(=O)(F)CC1COCC(C(F)(F)F)O1. The molecule has 1 aliphatic heterocycles. The van der Waals surface area contributed by atoms with Gasteiger partial charge in [0.1, 0.15) is 5.75 Å². The molecule has 0 N–H and O–H groups in total. The van der Waals surface area contributed by atoms with Gasteiger partial charge < -0.3 is 9.47 Å². The minimum atomic E-state index is -4.87. The lowest BCUT2D eigenvalue weighted by atomic mass is 10.3. The lowest BCUT2D eigenvalue weighted by Crippen LogP contribution is -2.46. The maximum atomic E-state index is 12.2. The van der Waals surface area contributed by atoms with Crippen molar-refractivity contribution in [1.29, 1.82) is 0 Å². The van der Waals surface area contributed by atoms with Crippen molar-refractivity contribution < 1.29 is 34.9 Å². The summed E-state index contributed by atoms with van der Waals surface area (Å²) in [4.78, 5) is 0. The van der Waals surface area contributed by atoms with Crippen molar-refractivity contribution >= 4 is 10.2 Å². The van der Waals surface area contributed by atoms with Crippen molar-refractivity contribution in [2.24, 2.45) is 0 Å². The molecule has 1 heterocycles. The molecule has 2 unspecified atom stereocenters. The molecule has 0 radical (unpaired) electrons. The maximum Gasteiger partial charge on any atom is 0.416 e. The summed E-state index contributed by atoms with van der Waals surface area (Å²) in [6.45, 7) is -1.07. The highest BCUT2D eigenvalue weighted by Crippen LogP contribution is 2.27. The topological polar surface area (TPSA) is 52.6 Å². The van der Waals surface area contributed by atoms with Gasteiger partial charge in [-0.05, 0) is 0 Å². The summed E-state index contributed by atoms with van der Waals surface area (Å²) < 4.78 is 77.6. The van der Waals surface area contributed by atoms with Crippen LogP contribution in [-0.2, 0) is 19.7 Å². The molecule has 0 aliphatic carbocycles. The van der Waals surface area contributed by atoms with Gasteiger partial charge in [0.05, 0.1) is 19.3 Å². The highest BCUT2D eigenvalue weighted by Gasteiger charge is 2.45. The summed E-state index contributed by atoms with van der Waals surface area (Å²) >= 11 is 0. The molecule has 9 heteroatoms. The van der Waals surface area contributed by atoms with E-state index in [9.17, 15) is 25.5 Å². The quantitative estimate of drug-likeness (QED) is 0.534. The maximum absolute atomic E-state index is 12.2. The zero-order valence-corrected chi connectivity index (χ0v) is 8.15. The Balaban J connectivity index is 2.57. The molecule has 0 amide bonds. The first-order valence-corrected chi connectivity index (χ1v) is 5.46. The van der Waals surface area contributed by atoms with Gasteiger partial charge in [0, 0.05) is 0 Å². The van der Waals surface area contributed by atoms with Crippen LogP contribution >= 0.6 is 0 Å². The van der Waals surface area contributed by atoms with Crippen LogP contribution in [-0.4, -0.2) is 45.8 Å². The van der Waals surface area contributed by atoms with Crippen LogP contribution in [0.5, 0.6) is 0 Å². The zero-order chi connectivity index (χ0) is 11.7. The Hall–Kier alpha value is -0.410. The van der Waals surface area contributed by atoms with E-state index in [1.165, 1.54) is 0 Å². The smallest absolute Gasteiger partial charge is 0.376 e. The third-order valence-corrected chi connectivity index (χ3v) is 2.45. The average molecular weight is 252 g/mol. The summed E-state index contributed by atoms with van der Waals surface area (Å²) in [5.41, 5.74) is 0. The van der Waals surface area contributed by atoms with E-state index in [2.05, 4.69) is 9.47 Å². The monoisotopic (exact) mass is 252 g/mol. The van der Waals surface area contributed by atoms with Gasteiger partial charge in [-0.1, -0.05) is 0 Å². The van der Waals surface area contributed by atoms with E-state index >= 15 is 0 Å². The molecule has 1 aliphatic rings. The van der Waals surface area contributed by atoms with Crippen molar-refractivity contribution in [1.82, 2.24) is 0 Å². The van der Waals surface area contributed by atoms with Crippen molar-refractivity contribution in [2.45, 2.75) is 18.4 Å². The second kappa shape index (κ2) is 4.22. The fraction of sp³-hybridized carbons (Fsp3) is 1.00. The summed E-state index contributed by atoms with van der Waals surface area (Å²) in [7, 11) is -4.87. The van der Waals surface area contributed by atoms with Gasteiger partial charge in [0.2, 0.25) is 0 Å². The van der Waals surface area contributed by atoms with Crippen molar-refractivity contribution in [3.8, 4) is 0 Å². The number of hydrogen-bond acceptors (Lipinski definition) is 4. The molecule has 0 spiro atoms. The third-order valence-electron chi connectivity index (χ3n) is 1.68. The Morgan fingerprint density at radius 1 is 1.27 bits per heavy atom. The zero-order valence-electron chi connectivity index (χ0n) is 7.33. The van der Waals surface area contributed by atoms with Crippen LogP contribution in [0.4, 0.5) is 17.1 Å². The Labute approximate surface area is 83.4 Å². The lowest BCUT2D eigenvalue weighted by Gasteiger charge is -2.30. The number of alkyl halides is 3. The highest BCUT2D eigenvalue weighted by molar-refractivity contribution is 7.86. The molecule has 0 aromatic heterocycles. The standard InChI is InChI=1S/C6H8F4O4S/c7-6(8,9)5-2-13-1-4(14-5)3-15(10,11)12/h4-5H,1-3H2. The van der Waals surface area contributed by atoms with Gasteiger partial charge in [-0.2, -0.15) is 21.6 Å². The summed E-state index contributed by atoms with van der Waals surface area (Å²) in [5.74, 6) is -1.13. The minimum Gasteiger partial charge on any atom is -0.376 e. The molecule has 0 bridgehead atoms. The molecule has 4 nitrogen and oxygen atoms in total. The Morgan fingerprint density at radius 3 is 2.33 bits per heavy atom. The lowest BCUT2D eigenvalue weighted by molar-refractivity contribution is -0.269. The van der Waals surface area contributed by atoms with Crippen LogP contribution in [0.1, 0.15) is 0 Å². The predicted octanol–water partition coefficient (Wildman–Crippen LogP) is 0.632. The van der Waals surface area contributed by atoms with Gasteiger partial charge in [0.15, 0.2) is 6.10 Å². The largest absolute Gasteiger partial charge is 0.416 e. The summed E-state index contributed by atoms with van der Waals surface area (Å²) in [5, 5.41) is 0. The van der Waals surface area contributed by atoms with Crippen LogP contribution < -0.4 is 0 Å². The van der Waals surface area contributed by atoms with E-state index < -0.39 is 41.0 Å². The number of ether oxygens (including phenoxy) is 2. The van der Waals surface area contributed by atoms with Crippen LogP contribution in [0.3, 0.4) is 0 Å². The molecule has 0 aromatic carbocycles. The molecular formula is C6H8F4O4S. The van der Waals surface area contributed by atoms with Crippen molar-refractivity contribution in [2.75, 3.05) is 19.0 Å². The number of halogens is 4. The average Bonchev–Trinajstić information content (AvgIpc) is 1.99. The summed E-state index contributed by atoms with van der Waals surface area (Å²) in [6, 6.07) is 0. The van der Waals surface area contributed by atoms with Crippen molar-refractivity contribution in [3.63, 3.8) is 0 Å². The normalized spacial score (nSPS) is 29.1. The van der Waals surface area contributed by atoms with Crippen molar-refractivity contribution in [3.05, 3.63) is 0 Å². The van der Waals surface area contributed by atoms with Gasteiger partial charge >= 0.3 is 16.4 Å². The predicted molar refractivity (Wildman–Crippen MR) is 40.4 cm³/mol. The molecule has 90 valence electrons. The minimum absolute atomic E-state index is 0.365. The molecule has 0 aromatic rings. The van der Waals surface area contributed by atoms with E-state index in [1.54, 1.807) is 0 Å². The highest BCUT2D eigenvalue weighted by atomic mass is 32.3. The van der Waals surface area contributed by atoms with Crippen LogP contribution in [0, 0.1) is 0 Å². The molecule has 1 rings (SSSR count). The number of hydrogen-bond donors (Lipinski definition) is 0. The molecular weight excluding hydrogens is 244 g/mol. The van der Waals surface area contributed by atoms with Crippen LogP contribution in [0.15, 0.2) is 0 Å². The molecule has 1 fully saturated rings. The first-order chi connectivity index (χ1) is 6.68. The van der Waals surface area contributed by atoms with Crippen LogP contribution in [0.2, 0.25) is 0 Å². The van der Waals surface area contributed by atoms with Gasteiger partial charge in [-0.3, -0.25) is 0 Å². The number of rotatable bonds is 2. The molecule has 1 saturated heterocycles. The van der Waals surface area contributed by atoms with E-state index in [4.69, 9.17) is 0 Å². The van der Waals surface area contributed by atoms with E-state index in [-0.39, 0.29) is 6.61 Å². The van der Waals surface area contributed by atoms with Gasteiger partial charge in [-0.15, -0.1) is 3.89 Å². The van der Waals surface area contributed by atoms with Gasteiger partial charge in [-0.25, -0.2) is 0 Å². The van der Waals surface area contributed by atoms with E-state index in [1.807, 2.05) is 0 Å². The molecule has 0 saturated carbocycles.